The Hall–Kier alpha value is -2.29. The lowest BCUT2D eigenvalue weighted by Gasteiger charge is -2.19. The second kappa shape index (κ2) is 39.4. The molecule has 2 unspecified atom stereocenters. The summed E-state index contributed by atoms with van der Waals surface area (Å²) in [7, 11) is -4.36. The molecule has 3 N–H and O–H groups in total. The van der Waals surface area contributed by atoms with Crippen molar-refractivity contribution >= 4 is 19.8 Å². The fourth-order valence-corrected chi connectivity index (χ4v) is 6.13. The predicted molar refractivity (Wildman–Crippen MR) is 219 cm³/mol. The maximum atomic E-state index is 12.5. The number of phosphoric ester groups is 1. The third kappa shape index (κ3) is 39.2. The maximum absolute atomic E-state index is 12.5. The second-order valence-electron chi connectivity index (χ2n) is 13.5. The number of hydrogen-bond acceptors (Lipinski definition) is 8. The molecule has 0 fully saturated rings. The van der Waals surface area contributed by atoms with Crippen LogP contribution in [0.3, 0.4) is 0 Å². The summed E-state index contributed by atoms with van der Waals surface area (Å²) in [5, 5.41) is 0. The van der Waals surface area contributed by atoms with Gasteiger partial charge in [0.2, 0.25) is 0 Å². The molecule has 0 rings (SSSR count). The fourth-order valence-electron chi connectivity index (χ4n) is 5.37. The third-order valence-corrected chi connectivity index (χ3v) is 9.40. The van der Waals surface area contributed by atoms with Crippen LogP contribution < -0.4 is 5.73 Å². The molecule has 0 aromatic heterocycles. The van der Waals surface area contributed by atoms with Crippen molar-refractivity contribution in [2.45, 2.75) is 174 Å². The molecule has 0 saturated carbocycles. The van der Waals surface area contributed by atoms with Gasteiger partial charge in [0, 0.05) is 19.4 Å². The highest BCUT2D eigenvalue weighted by Crippen LogP contribution is 2.43. The molecule has 0 aliphatic heterocycles. The first kappa shape index (κ1) is 50.7. The fraction of sp³-hybridized carbons (Fsp3) is 0.721. The van der Waals surface area contributed by atoms with Crippen LogP contribution in [-0.2, 0) is 32.7 Å². The number of nitrogens with two attached hydrogens (primary N) is 1. The van der Waals surface area contributed by atoms with Crippen molar-refractivity contribution in [2.75, 3.05) is 26.4 Å². The Morgan fingerprint density at radius 1 is 0.585 bits per heavy atom. The minimum absolute atomic E-state index is 0.0513. The van der Waals surface area contributed by atoms with Crippen LogP contribution in [0.2, 0.25) is 0 Å². The molecule has 0 aliphatic carbocycles. The highest BCUT2D eigenvalue weighted by molar-refractivity contribution is 7.47. The van der Waals surface area contributed by atoms with E-state index < -0.39 is 32.5 Å². The van der Waals surface area contributed by atoms with Crippen molar-refractivity contribution in [3.05, 3.63) is 60.8 Å². The Morgan fingerprint density at radius 2 is 1.04 bits per heavy atom. The zero-order valence-corrected chi connectivity index (χ0v) is 34.4. The van der Waals surface area contributed by atoms with E-state index >= 15 is 0 Å². The van der Waals surface area contributed by atoms with Crippen LogP contribution >= 0.6 is 7.82 Å². The lowest BCUT2D eigenvalue weighted by molar-refractivity contribution is -0.161. The van der Waals surface area contributed by atoms with Gasteiger partial charge in [-0.2, -0.15) is 0 Å². The van der Waals surface area contributed by atoms with Crippen molar-refractivity contribution in [1.29, 1.82) is 0 Å². The first-order valence-corrected chi connectivity index (χ1v) is 22.3. The van der Waals surface area contributed by atoms with E-state index in [0.717, 1.165) is 89.9 Å². The van der Waals surface area contributed by atoms with E-state index in [2.05, 4.69) is 74.6 Å². The molecule has 10 heteroatoms. The largest absolute Gasteiger partial charge is 0.472 e. The van der Waals surface area contributed by atoms with Gasteiger partial charge in [-0.05, 0) is 57.8 Å². The van der Waals surface area contributed by atoms with Crippen molar-refractivity contribution in [3.8, 4) is 0 Å². The quantitative estimate of drug-likeness (QED) is 0.0272. The smallest absolute Gasteiger partial charge is 0.462 e. The molecule has 0 aliphatic rings. The molecule has 53 heavy (non-hydrogen) atoms. The van der Waals surface area contributed by atoms with Crippen LogP contribution in [0.15, 0.2) is 60.8 Å². The van der Waals surface area contributed by atoms with Gasteiger partial charge < -0.3 is 20.1 Å². The van der Waals surface area contributed by atoms with E-state index in [1.165, 1.54) is 44.9 Å². The van der Waals surface area contributed by atoms with Crippen molar-refractivity contribution in [2.24, 2.45) is 5.73 Å². The van der Waals surface area contributed by atoms with Crippen LogP contribution in [0, 0.1) is 0 Å². The molecule has 0 aromatic carbocycles. The molecule has 0 bridgehead atoms. The first-order chi connectivity index (χ1) is 25.8. The lowest BCUT2D eigenvalue weighted by Crippen LogP contribution is -2.29. The van der Waals surface area contributed by atoms with E-state index in [1.54, 1.807) is 0 Å². The number of allylic oxidation sites excluding steroid dienone is 10. The molecule has 306 valence electrons. The standard InChI is InChI=1S/C43H76NO8P/c1-3-5-7-9-10-11-12-13-14-15-16-17-18-19-20-21-22-23-24-25-26-27-28-29-30-32-34-36-43(46)52-41(40-51-53(47,48)50-38-37-44)39-49-42(45)35-33-31-8-6-4-2/h5,7,10-11,13-14,16-17,19-20,41H,3-4,6,8-9,12,15,18,21-40,44H2,1-2H3,(H,47,48)/b7-5-,11-10-,14-13-,17-16-,20-19-. The summed E-state index contributed by atoms with van der Waals surface area (Å²) < 4.78 is 32.5. The van der Waals surface area contributed by atoms with Crippen LogP contribution in [0.5, 0.6) is 0 Å². The van der Waals surface area contributed by atoms with Gasteiger partial charge in [-0.3, -0.25) is 18.6 Å². The molecule has 0 saturated heterocycles. The number of unbranched alkanes of at least 4 members (excludes halogenated alkanes) is 15. The van der Waals surface area contributed by atoms with Crippen molar-refractivity contribution < 1.29 is 37.6 Å². The lowest BCUT2D eigenvalue weighted by atomic mass is 10.0. The number of esters is 2. The molecule has 0 heterocycles. The normalized spacial score (nSPS) is 14.0. The van der Waals surface area contributed by atoms with Crippen LogP contribution in [0.4, 0.5) is 0 Å². The second-order valence-corrected chi connectivity index (χ2v) is 14.9. The highest BCUT2D eigenvalue weighted by Gasteiger charge is 2.25. The summed E-state index contributed by atoms with van der Waals surface area (Å²) in [6.07, 6.45) is 45.9. The van der Waals surface area contributed by atoms with Crippen molar-refractivity contribution in [3.63, 3.8) is 0 Å². The Bertz CT molecular complexity index is 1050. The Balaban J connectivity index is 3.93. The van der Waals surface area contributed by atoms with Gasteiger partial charge in [-0.15, -0.1) is 0 Å². The molecule has 0 radical (unpaired) electrons. The molecular formula is C43H76NO8P. The topological polar surface area (TPSA) is 134 Å². The van der Waals surface area contributed by atoms with E-state index in [9.17, 15) is 19.0 Å². The minimum Gasteiger partial charge on any atom is -0.462 e. The van der Waals surface area contributed by atoms with Crippen LogP contribution in [-0.4, -0.2) is 49.3 Å². The molecule has 0 aromatic rings. The zero-order chi connectivity index (χ0) is 38.9. The van der Waals surface area contributed by atoms with E-state index in [1.807, 2.05) is 0 Å². The number of rotatable bonds is 38. The van der Waals surface area contributed by atoms with E-state index in [-0.39, 0.29) is 32.6 Å². The van der Waals surface area contributed by atoms with Gasteiger partial charge in [0.15, 0.2) is 6.10 Å². The van der Waals surface area contributed by atoms with Gasteiger partial charge in [0.05, 0.1) is 13.2 Å². The van der Waals surface area contributed by atoms with E-state index in [4.69, 9.17) is 24.3 Å². The summed E-state index contributed by atoms with van der Waals surface area (Å²) in [5.41, 5.74) is 5.32. The van der Waals surface area contributed by atoms with Gasteiger partial charge in [0.1, 0.15) is 6.61 Å². The Labute approximate surface area is 323 Å². The number of carbonyl (C=O) groups is 2. The Morgan fingerprint density at radius 3 is 1.55 bits per heavy atom. The predicted octanol–water partition coefficient (Wildman–Crippen LogP) is 11.7. The number of phosphoric acid groups is 1. The monoisotopic (exact) mass is 766 g/mol. The summed E-state index contributed by atoms with van der Waals surface area (Å²) >= 11 is 0. The van der Waals surface area contributed by atoms with Gasteiger partial charge in [0.25, 0.3) is 0 Å². The summed E-state index contributed by atoms with van der Waals surface area (Å²) in [6, 6.07) is 0. The molecule has 2 atom stereocenters. The van der Waals surface area contributed by atoms with Crippen LogP contribution in [0.25, 0.3) is 0 Å². The van der Waals surface area contributed by atoms with Crippen LogP contribution in [0.1, 0.15) is 168 Å². The SMILES string of the molecule is CC/C=C\C/C=C\C/C=C\C/C=C\C/C=C\CCCCCCCCCCCCCC(=O)OC(COC(=O)CCCCCCC)COP(=O)(O)OCCN. The van der Waals surface area contributed by atoms with Gasteiger partial charge >= 0.3 is 19.8 Å². The molecular weight excluding hydrogens is 689 g/mol. The number of ether oxygens (including phenoxy) is 2. The molecule has 0 amide bonds. The summed E-state index contributed by atoms with van der Waals surface area (Å²) in [5.74, 6) is -0.849. The number of hydrogen-bond donors (Lipinski definition) is 2. The average molecular weight is 766 g/mol. The maximum Gasteiger partial charge on any atom is 0.472 e. The van der Waals surface area contributed by atoms with Gasteiger partial charge in [-0.1, -0.05) is 158 Å². The summed E-state index contributed by atoms with van der Waals surface area (Å²) in [6.45, 7) is 3.50. The first-order valence-electron chi connectivity index (χ1n) is 20.8. The molecule has 0 spiro atoms. The van der Waals surface area contributed by atoms with Crippen molar-refractivity contribution in [1.82, 2.24) is 0 Å². The molecule has 9 nitrogen and oxygen atoms in total. The van der Waals surface area contributed by atoms with Gasteiger partial charge in [-0.25, -0.2) is 4.57 Å². The zero-order valence-electron chi connectivity index (χ0n) is 33.5. The highest BCUT2D eigenvalue weighted by atomic mass is 31.2. The number of carbonyl (C=O) groups excluding carboxylic acids is 2. The van der Waals surface area contributed by atoms with E-state index in [0.29, 0.717) is 6.42 Å². The minimum atomic E-state index is -4.36. The third-order valence-electron chi connectivity index (χ3n) is 8.42. The Kier molecular flexibility index (Phi) is 37.7. The summed E-state index contributed by atoms with van der Waals surface area (Å²) in [4.78, 5) is 34.5. The average Bonchev–Trinajstić information content (AvgIpc) is 3.14.